The third-order valence-corrected chi connectivity index (χ3v) is 5.82. The molecule has 3 heterocycles. The van der Waals surface area contributed by atoms with Crippen molar-refractivity contribution in [3.63, 3.8) is 0 Å². The number of amides is 2. The molecule has 1 fully saturated rings. The molecule has 7 heteroatoms. The third-order valence-electron chi connectivity index (χ3n) is 5.82. The summed E-state index contributed by atoms with van der Waals surface area (Å²) in [6.45, 7) is 5.30. The molecule has 1 aromatic carbocycles. The van der Waals surface area contributed by atoms with Crippen LogP contribution in [0, 0.1) is 0 Å². The number of carbonyl (C=O) groups excluding carboxylic acids is 2. The quantitative estimate of drug-likeness (QED) is 0.721. The molecule has 4 rings (SSSR count). The Bertz CT molecular complexity index is 1120. The molecule has 7 nitrogen and oxygen atoms in total. The SMILES string of the molecule is CC(C)c1cc(C(=O)N2CCCC(c3nc4ccccc4cc3C(N)=O)C2)n(C)n1. The van der Waals surface area contributed by atoms with Crippen LogP contribution in [0.1, 0.15) is 70.8 Å². The number of aromatic nitrogens is 3. The van der Waals surface area contributed by atoms with E-state index in [2.05, 4.69) is 18.9 Å². The number of hydrogen-bond acceptors (Lipinski definition) is 4. The van der Waals surface area contributed by atoms with E-state index in [-0.39, 0.29) is 17.7 Å². The third kappa shape index (κ3) is 3.67. The van der Waals surface area contributed by atoms with Crippen LogP contribution in [0.2, 0.25) is 0 Å². The van der Waals surface area contributed by atoms with Gasteiger partial charge in [-0.1, -0.05) is 32.0 Å². The molecule has 2 amide bonds. The van der Waals surface area contributed by atoms with E-state index in [1.54, 1.807) is 11.7 Å². The van der Waals surface area contributed by atoms with Crippen molar-refractivity contribution in [2.75, 3.05) is 13.1 Å². The minimum atomic E-state index is -0.486. The number of nitrogens with zero attached hydrogens (tertiary/aromatic N) is 4. The first kappa shape index (κ1) is 20.1. The van der Waals surface area contributed by atoms with Crippen LogP contribution in [0.5, 0.6) is 0 Å². The predicted molar refractivity (Wildman–Crippen MR) is 115 cm³/mol. The van der Waals surface area contributed by atoms with Gasteiger partial charge in [-0.15, -0.1) is 0 Å². The van der Waals surface area contributed by atoms with E-state index < -0.39 is 5.91 Å². The van der Waals surface area contributed by atoms with E-state index in [1.165, 1.54) is 0 Å². The number of likely N-dealkylation sites (tertiary alicyclic amines) is 1. The normalized spacial score (nSPS) is 16.9. The van der Waals surface area contributed by atoms with Crippen molar-refractivity contribution < 1.29 is 9.59 Å². The minimum absolute atomic E-state index is 0.0346. The topological polar surface area (TPSA) is 94.1 Å². The highest BCUT2D eigenvalue weighted by Gasteiger charge is 2.30. The van der Waals surface area contributed by atoms with Gasteiger partial charge in [-0.3, -0.25) is 19.3 Å². The average molecular weight is 406 g/mol. The van der Waals surface area contributed by atoms with Crippen LogP contribution in [0.25, 0.3) is 10.9 Å². The lowest BCUT2D eigenvalue weighted by Crippen LogP contribution is -2.40. The van der Waals surface area contributed by atoms with Gasteiger partial charge in [0.25, 0.3) is 11.8 Å². The van der Waals surface area contributed by atoms with E-state index in [0.29, 0.717) is 30.0 Å². The standard InChI is InChI=1S/C23H27N5O2/c1-14(2)19-12-20(27(3)26-19)23(30)28-10-6-8-16(13-28)21-17(22(24)29)11-15-7-4-5-9-18(15)25-21/h4-5,7,9,11-12,14,16H,6,8,10,13H2,1-3H3,(H2,24,29). The van der Waals surface area contributed by atoms with Crippen molar-refractivity contribution >= 4 is 22.7 Å². The van der Waals surface area contributed by atoms with Gasteiger partial charge in [0.15, 0.2) is 0 Å². The zero-order valence-electron chi connectivity index (χ0n) is 17.6. The van der Waals surface area contributed by atoms with Crippen molar-refractivity contribution in [3.05, 3.63) is 59.0 Å². The Balaban J connectivity index is 1.65. The van der Waals surface area contributed by atoms with Crippen LogP contribution in [-0.2, 0) is 7.05 Å². The second kappa shape index (κ2) is 7.89. The number of aryl methyl sites for hydroxylation is 1. The molecule has 0 saturated carbocycles. The van der Waals surface area contributed by atoms with Gasteiger partial charge in [-0.05, 0) is 37.0 Å². The number of nitrogens with two attached hydrogens (primary N) is 1. The number of primary amides is 1. The maximum Gasteiger partial charge on any atom is 0.272 e. The predicted octanol–water partition coefficient (Wildman–Crippen LogP) is 3.21. The number of rotatable bonds is 4. The van der Waals surface area contributed by atoms with E-state index in [4.69, 9.17) is 10.7 Å². The molecule has 1 aliphatic rings. The lowest BCUT2D eigenvalue weighted by Gasteiger charge is -2.33. The first-order valence-corrected chi connectivity index (χ1v) is 10.4. The smallest absolute Gasteiger partial charge is 0.272 e. The number of hydrogen-bond donors (Lipinski definition) is 1. The summed E-state index contributed by atoms with van der Waals surface area (Å²) in [5, 5.41) is 5.35. The first-order chi connectivity index (χ1) is 14.3. The van der Waals surface area contributed by atoms with Crippen molar-refractivity contribution in [2.45, 2.75) is 38.5 Å². The van der Waals surface area contributed by atoms with Crippen LogP contribution < -0.4 is 5.73 Å². The molecule has 156 valence electrons. The Hall–Kier alpha value is -3.22. The Morgan fingerprint density at radius 2 is 1.97 bits per heavy atom. The minimum Gasteiger partial charge on any atom is -0.366 e. The molecule has 0 radical (unpaired) electrons. The van der Waals surface area contributed by atoms with Crippen LogP contribution in [0.4, 0.5) is 0 Å². The zero-order valence-corrected chi connectivity index (χ0v) is 17.6. The maximum absolute atomic E-state index is 13.2. The van der Waals surface area contributed by atoms with Crippen LogP contribution in [0.15, 0.2) is 36.4 Å². The Morgan fingerprint density at radius 3 is 2.67 bits per heavy atom. The molecule has 30 heavy (non-hydrogen) atoms. The van der Waals surface area contributed by atoms with Crippen molar-refractivity contribution in [2.24, 2.45) is 12.8 Å². The molecule has 2 N–H and O–H groups in total. The number of carbonyl (C=O) groups is 2. The molecule has 3 aromatic rings. The van der Waals surface area contributed by atoms with Crippen molar-refractivity contribution in [1.82, 2.24) is 19.7 Å². The van der Waals surface area contributed by atoms with Gasteiger partial charge < -0.3 is 10.6 Å². The molecule has 1 saturated heterocycles. The highest BCUT2D eigenvalue weighted by atomic mass is 16.2. The molecule has 1 aliphatic heterocycles. The number of benzene rings is 1. The number of pyridine rings is 1. The Kier molecular flexibility index (Phi) is 5.28. The highest BCUT2D eigenvalue weighted by Crippen LogP contribution is 2.31. The van der Waals surface area contributed by atoms with Gasteiger partial charge in [-0.2, -0.15) is 5.10 Å². The van der Waals surface area contributed by atoms with Gasteiger partial charge in [-0.25, -0.2) is 0 Å². The molecule has 1 atom stereocenters. The second-order valence-corrected chi connectivity index (χ2v) is 8.30. The number of para-hydroxylation sites is 1. The van der Waals surface area contributed by atoms with E-state index in [9.17, 15) is 9.59 Å². The fourth-order valence-electron chi connectivity index (χ4n) is 4.16. The summed E-state index contributed by atoms with van der Waals surface area (Å²) in [5.41, 5.74) is 9.12. The highest BCUT2D eigenvalue weighted by molar-refractivity contribution is 5.98. The number of fused-ring (bicyclic) bond motifs is 1. The first-order valence-electron chi connectivity index (χ1n) is 10.4. The zero-order chi connectivity index (χ0) is 21.4. The molecular weight excluding hydrogens is 378 g/mol. The molecular formula is C23H27N5O2. The summed E-state index contributed by atoms with van der Waals surface area (Å²) in [6, 6.07) is 11.4. The van der Waals surface area contributed by atoms with Crippen LogP contribution >= 0.6 is 0 Å². The summed E-state index contributed by atoms with van der Waals surface area (Å²) >= 11 is 0. The molecule has 2 aromatic heterocycles. The van der Waals surface area contributed by atoms with Crippen molar-refractivity contribution in [1.29, 1.82) is 0 Å². The van der Waals surface area contributed by atoms with Gasteiger partial charge in [0, 0.05) is 31.4 Å². The van der Waals surface area contributed by atoms with Crippen LogP contribution in [-0.4, -0.2) is 44.6 Å². The number of piperidine rings is 1. The lowest BCUT2D eigenvalue weighted by molar-refractivity contribution is 0.0694. The fraction of sp³-hybridized carbons (Fsp3) is 0.391. The van der Waals surface area contributed by atoms with E-state index in [0.717, 1.165) is 29.4 Å². The van der Waals surface area contributed by atoms with Gasteiger partial charge in [0.1, 0.15) is 5.69 Å². The van der Waals surface area contributed by atoms with Crippen molar-refractivity contribution in [3.8, 4) is 0 Å². The lowest BCUT2D eigenvalue weighted by atomic mass is 9.90. The summed E-state index contributed by atoms with van der Waals surface area (Å²) in [6.07, 6.45) is 1.70. The van der Waals surface area contributed by atoms with Crippen LogP contribution in [0.3, 0.4) is 0 Å². The second-order valence-electron chi connectivity index (χ2n) is 8.30. The van der Waals surface area contributed by atoms with Gasteiger partial charge >= 0.3 is 0 Å². The summed E-state index contributed by atoms with van der Waals surface area (Å²) in [4.78, 5) is 32.0. The van der Waals surface area contributed by atoms with E-state index in [1.807, 2.05) is 41.3 Å². The monoisotopic (exact) mass is 405 g/mol. The molecule has 0 spiro atoms. The Morgan fingerprint density at radius 1 is 1.20 bits per heavy atom. The fourth-order valence-corrected chi connectivity index (χ4v) is 4.16. The largest absolute Gasteiger partial charge is 0.366 e. The molecule has 0 aliphatic carbocycles. The average Bonchev–Trinajstić information content (AvgIpc) is 3.14. The Labute approximate surface area is 175 Å². The summed E-state index contributed by atoms with van der Waals surface area (Å²) in [5.74, 6) is -0.303. The van der Waals surface area contributed by atoms with Gasteiger partial charge in [0.05, 0.1) is 22.5 Å². The molecule has 0 bridgehead atoms. The maximum atomic E-state index is 13.2. The van der Waals surface area contributed by atoms with Gasteiger partial charge in [0.2, 0.25) is 0 Å². The van der Waals surface area contributed by atoms with E-state index >= 15 is 0 Å². The summed E-state index contributed by atoms with van der Waals surface area (Å²) in [7, 11) is 1.80. The molecule has 1 unspecified atom stereocenters. The summed E-state index contributed by atoms with van der Waals surface area (Å²) < 4.78 is 1.66.